The summed E-state index contributed by atoms with van der Waals surface area (Å²) in [6, 6.07) is 17.7. The van der Waals surface area contributed by atoms with Crippen LogP contribution in [0.5, 0.6) is 5.75 Å². The molecule has 0 aromatic heterocycles. The molecule has 0 radical (unpaired) electrons. The molecule has 2 aromatic carbocycles. The number of ether oxygens (including phenoxy) is 3. The van der Waals surface area contributed by atoms with Gasteiger partial charge in [-0.3, -0.25) is 4.79 Å². The van der Waals surface area contributed by atoms with Crippen molar-refractivity contribution >= 4 is 11.8 Å². The van der Waals surface area contributed by atoms with Crippen LogP contribution in [0.3, 0.4) is 0 Å². The Morgan fingerprint density at radius 3 is 2.46 bits per heavy atom. The van der Waals surface area contributed by atoms with E-state index in [4.69, 9.17) is 14.2 Å². The fraction of sp³-hybridized carbons (Fsp3) is 0.379. The van der Waals surface area contributed by atoms with Gasteiger partial charge in [-0.15, -0.1) is 0 Å². The van der Waals surface area contributed by atoms with Gasteiger partial charge in [-0.1, -0.05) is 48.5 Å². The first-order chi connectivity index (χ1) is 17.0. The molecule has 0 spiro atoms. The highest BCUT2D eigenvalue weighted by Gasteiger charge is 2.42. The molecule has 0 amide bonds. The minimum Gasteiger partial charge on any atom is -0.494 e. The van der Waals surface area contributed by atoms with Gasteiger partial charge in [-0.2, -0.15) is 0 Å². The lowest BCUT2D eigenvalue weighted by Crippen LogP contribution is -2.36. The van der Waals surface area contributed by atoms with E-state index in [2.05, 4.69) is 17.4 Å². The fourth-order valence-corrected chi connectivity index (χ4v) is 5.00. The Labute approximate surface area is 207 Å². The first-order valence-electron chi connectivity index (χ1n) is 12.3. The molecule has 4 rings (SSSR count). The predicted octanol–water partition coefficient (Wildman–Crippen LogP) is 5.03. The number of esters is 1. The van der Waals surface area contributed by atoms with Gasteiger partial charge in [-0.25, -0.2) is 4.79 Å². The lowest BCUT2D eigenvalue weighted by atomic mass is 9.71. The number of hydrogen-bond acceptors (Lipinski definition) is 6. The average Bonchev–Trinajstić information content (AvgIpc) is 2.86. The minimum atomic E-state index is -0.558. The van der Waals surface area contributed by atoms with Crippen LogP contribution in [0.25, 0.3) is 0 Å². The summed E-state index contributed by atoms with van der Waals surface area (Å²) in [5.74, 6) is -0.214. The summed E-state index contributed by atoms with van der Waals surface area (Å²) in [5.41, 5.74) is 4.58. The van der Waals surface area contributed by atoms with Crippen molar-refractivity contribution in [2.75, 3.05) is 26.4 Å². The summed E-state index contributed by atoms with van der Waals surface area (Å²) in [4.78, 5) is 27.0. The number of carbonyl (C=O) groups excluding carboxylic acids is 2. The van der Waals surface area contributed by atoms with Crippen molar-refractivity contribution in [1.82, 2.24) is 5.32 Å². The highest BCUT2D eigenvalue weighted by molar-refractivity contribution is 6.04. The normalized spacial score (nSPS) is 19.8. The maximum absolute atomic E-state index is 13.7. The van der Waals surface area contributed by atoms with Crippen LogP contribution in [0.1, 0.15) is 56.6 Å². The van der Waals surface area contributed by atoms with Crippen molar-refractivity contribution in [2.24, 2.45) is 0 Å². The van der Waals surface area contributed by atoms with E-state index >= 15 is 0 Å². The molecule has 2 unspecified atom stereocenters. The van der Waals surface area contributed by atoms with Crippen LogP contribution in [0, 0.1) is 0 Å². The Morgan fingerprint density at radius 1 is 0.971 bits per heavy atom. The number of para-hydroxylation sites is 1. The number of ketones is 1. The van der Waals surface area contributed by atoms with Gasteiger partial charge >= 0.3 is 5.97 Å². The van der Waals surface area contributed by atoms with Crippen molar-refractivity contribution in [1.29, 1.82) is 0 Å². The number of allylic oxidation sites excluding steroid dienone is 3. The summed E-state index contributed by atoms with van der Waals surface area (Å²) < 4.78 is 16.8. The molecule has 6 nitrogen and oxygen atoms in total. The SMILES string of the molecule is CCOCCOC(=O)C1=C(C)NC2=C(C(=O)CC(c3ccccc3)C2)C1c1ccccc1OCC. The summed E-state index contributed by atoms with van der Waals surface area (Å²) in [7, 11) is 0. The van der Waals surface area contributed by atoms with Crippen LogP contribution in [0.4, 0.5) is 0 Å². The summed E-state index contributed by atoms with van der Waals surface area (Å²) in [5, 5.41) is 3.40. The van der Waals surface area contributed by atoms with Gasteiger partial charge in [0.15, 0.2) is 5.78 Å². The van der Waals surface area contributed by atoms with Crippen molar-refractivity contribution in [3.8, 4) is 5.75 Å². The molecular formula is C29H33NO5. The Hall–Kier alpha value is -3.38. The molecule has 2 aromatic rings. The molecule has 1 N–H and O–H groups in total. The average molecular weight is 476 g/mol. The number of Topliss-reactive ketones (excluding diaryl/α,β-unsaturated/α-hetero) is 1. The van der Waals surface area contributed by atoms with Gasteiger partial charge in [-0.05, 0) is 44.7 Å². The third-order valence-corrected chi connectivity index (χ3v) is 6.51. The second-order valence-electron chi connectivity index (χ2n) is 8.73. The van der Waals surface area contributed by atoms with E-state index in [1.807, 2.05) is 63.2 Å². The van der Waals surface area contributed by atoms with Gasteiger partial charge < -0.3 is 19.5 Å². The Morgan fingerprint density at radius 2 is 1.71 bits per heavy atom. The van der Waals surface area contributed by atoms with Crippen LogP contribution >= 0.6 is 0 Å². The largest absolute Gasteiger partial charge is 0.494 e. The minimum absolute atomic E-state index is 0.0380. The second-order valence-corrected chi connectivity index (χ2v) is 8.73. The van der Waals surface area contributed by atoms with Crippen LogP contribution in [-0.4, -0.2) is 38.2 Å². The van der Waals surface area contributed by atoms with Crippen LogP contribution in [-0.2, 0) is 19.1 Å². The molecule has 2 atom stereocenters. The number of carbonyl (C=O) groups is 2. The zero-order valence-electron chi connectivity index (χ0n) is 20.6. The molecule has 184 valence electrons. The van der Waals surface area contributed by atoms with Crippen molar-refractivity contribution in [2.45, 2.75) is 45.4 Å². The number of rotatable bonds is 9. The number of hydrogen-bond donors (Lipinski definition) is 1. The van der Waals surface area contributed by atoms with Crippen molar-refractivity contribution < 1.29 is 23.8 Å². The van der Waals surface area contributed by atoms with Crippen LogP contribution < -0.4 is 10.1 Å². The third-order valence-electron chi connectivity index (χ3n) is 6.51. The molecule has 0 fully saturated rings. The topological polar surface area (TPSA) is 73.9 Å². The maximum atomic E-state index is 13.7. The maximum Gasteiger partial charge on any atom is 0.336 e. The van der Waals surface area contributed by atoms with E-state index in [1.165, 1.54) is 0 Å². The van der Waals surface area contributed by atoms with Crippen molar-refractivity contribution in [3.63, 3.8) is 0 Å². The second kappa shape index (κ2) is 11.4. The first kappa shape index (κ1) is 24.7. The first-order valence-corrected chi connectivity index (χ1v) is 12.3. The molecular weight excluding hydrogens is 442 g/mol. The summed E-state index contributed by atoms with van der Waals surface area (Å²) in [6.07, 6.45) is 1.09. The van der Waals surface area contributed by atoms with Crippen LogP contribution in [0.15, 0.2) is 77.1 Å². The lowest BCUT2D eigenvalue weighted by molar-refractivity contribution is -0.140. The van der Waals surface area contributed by atoms with E-state index in [0.717, 1.165) is 16.8 Å². The zero-order valence-corrected chi connectivity index (χ0v) is 20.6. The van der Waals surface area contributed by atoms with E-state index in [1.54, 1.807) is 0 Å². The monoisotopic (exact) mass is 475 g/mol. The number of benzene rings is 2. The Balaban J connectivity index is 1.76. The molecule has 2 aliphatic rings. The highest BCUT2D eigenvalue weighted by atomic mass is 16.6. The Kier molecular flexibility index (Phi) is 8.03. The number of nitrogens with one attached hydrogen (secondary N) is 1. The lowest BCUT2D eigenvalue weighted by Gasteiger charge is -2.37. The standard InChI is InChI=1S/C29H33NO5/c1-4-33-15-16-35-29(32)26-19(3)30-23-17-21(20-11-7-6-8-12-20)18-24(31)28(23)27(26)22-13-9-10-14-25(22)34-5-2/h6-14,21,27,30H,4-5,15-18H2,1-3H3. The van der Waals surface area contributed by atoms with Gasteiger partial charge in [0.25, 0.3) is 0 Å². The van der Waals surface area contributed by atoms with E-state index in [0.29, 0.717) is 55.3 Å². The van der Waals surface area contributed by atoms with Gasteiger partial charge in [0.1, 0.15) is 12.4 Å². The molecule has 0 saturated heterocycles. The Bertz CT molecular complexity index is 1130. The van der Waals surface area contributed by atoms with Gasteiger partial charge in [0.05, 0.1) is 24.7 Å². The quantitative estimate of drug-likeness (QED) is 0.405. The van der Waals surface area contributed by atoms with E-state index in [-0.39, 0.29) is 18.3 Å². The molecule has 0 saturated carbocycles. The summed E-state index contributed by atoms with van der Waals surface area (Å²) >= 11 is 0. The highest BCUT2D eigenvalue weighted by Crippen LogP contribution is 2.47. The molecule has 1 aliphatic carbocycles. The van der Waals surface area contributed by atoms with Crippen LogP contribution in [0.2, 0.25) is 0 Å². The molecule has 35 heavy (non-hydrogen) atoms. The predicted molar refractivity (Wildman–Crippen MR) is 134 cm³/mol. The zero-order chi connectivity index (χ0) is 24.8. The van der Waals surface area contributed by atoms with E-state index in [9.17, 15) is 9.59 Å². The van der Waals surface area contributed by atoms with Crippen molar-refractivity contribution in [3.05, 3.63) is 88.3 Å². The van der Waals surface area contributed by atoms with Gasteiger partial charge in [0.2, 0.25) is 0 Å². The summed E-state index contributed by atoms with van der Waals surface area (Å²) in [6.45, 7) is 7.20. The fourth-order valence-electron chi connectivity index (χ4n) is 5.00. The smallest absolute Gasteiger partial charge is 0.336 e. The van der Waals surface area contributed by atoms with Gasteiger partial charge in [0, 0.05) is 35.6 Å². The molecule has 1 heterocycles. The molecule has 0 bridgehead atoms. The third kappa shape index (κ3) is 5.33. The molecule has 1 aliphatic heterocycles. The molecule has 6 heteroatoms. The number of dihydropyridines is 1. The van der Waals surface area contributed by atoms with E-state index < -0.39 is 11.9 Å².